The number of carbonyl (C=O) groups is 2. The molecule has 0 aromatic heterocycles. The Morgan fingerprint density at radius 2 is 0.912 bits per heavy atom. The van der Waals surface area contributed by atoms with Crippen LogP contribution in [0.5, 0.6) is 5.75 Å². The molecule has 0 saturated heterocycles. The summed E-state index contributed by atoms with van der Waals surface area (Å²) in [6.45, 7) is 4.37. The van der Waals surface area contributed by atoms with Crippen LogP contribution in [0.15, 0.2) is 42.5 Å². The topological polar surface area (TPSA) is 137 Å². The number of benzene rings is 1. The third-order valence-electron chi connectivity index (χ3n) is 10.2. The number of hydrogen-bond donors (Lipinski definition) is 5. The maximum atomic E-state index is 12.2. The Bertz CT molecular complexity index is 1160. The summed E-state index contributed by atoms with van der Waals surface area (Å²) in [5.41, 5.74) is 0.867. The van der Waals surface area contributed by atoms with E-state index in [0.29, 0.717) is 24.2 Å². The number of rotatable bonds is 40. The van der Waals surface area contributed by atoms with Crippen LogP contribution in [0.25, 0.3) is 0 Å². The molecule has 57 heavy (non-hydrogen) atoms. The fourth-order valence-electron chi connectivity index (χ4n) is 6.64. The van der Waals surface area contributed by atoms with Gasteiger partial charge in [-0.1, -0.05) is 147 Å². The fourth-order valence-corrected chi connectivity index (χ4v) is 6.64. The van der Waals surface area contributed by atoms with Crippen molar-refractivity contribution >= 4 is 23.3 Å². The van der Waals surface area contributed by atoms with Crippen LogP contribution in [0.4, 0.5) is 11.4 Å². The quantitative estimate of drug-likeness (QED) is 0.0190. The molecule has 0 saturated carbocycles. The van der Waals surface area contributed by atoms with Crippen molar-refractivity contribution in [3.05, 3.63) is 42.5 Å². The molecule has 0 aliphatic rings. The van der Waals surface area contributed by atoms with Crippen LogP contribution in [-0.2, 0) is 19.1 Å². The maximum absolute atomic E-state index is 12.2. The van der Waals surface area contributed by atoms with Crippen LogP contribution in [0.1, 0.15) is 194 Å². The molecule has 0 aliphatic heterocycles. The number of carbonyl (C=O) groups excluding carboxylic acids is 2. The Balaban J connectivity index is 2.11. The molecular weight excluding hydrogens is 717 g/mol. The van der Waals surface area contributed by atoms with E-state index in [1.54, 1.807) is 12.1 Å². The van der Waals surface area contributed by atoms with Crippen LogP contribution in [-0.4, -0.2) is 65.8 Å². The molecule has 2 unspecified atom stereocenters. The lowest BCUT2D eigenvalue weighted by molar-refractivity contribution is -0.147. The summed E-state index contributed by atoms with van der Waals surface area (Å²) in [5, 5.41) is 37.4. The highest BCUT2D eigenvalue weighted by atomic mass is 16.5. The fraction of sp³-hybridized carbons (Fsp3) is 0.750. The summed E-state index contributed by atoms with van der Waals surface area (Å²) in [5.74, 6) is -0.665. The smallest absolute Gasteiger partial charge is 0.305 e. The van der Waals surface area contributed by atoms with Gasteiger partial charge < -0.3 is 35.4 Å². The molecule has 0 spiro atoms. The summed E-state index contributed by atoms with van der Waals surface area (Å²) < 4.78 is 10.6. The zero-order valence-electron chi connectivity index (χ0n) is 36.3. The van der Waals surface area contributed by atoms with E-state index >= 15 is 0 Å². The first-order valence-electron chi connectivity index (χ1n) is 23.1. The van der Waals surface area contributed by atoms with Crippen LogP contribution in [0.2, 0.25) is 0 Å². The SMILES string of the molecule is CCCCCCCCC=CCCCCCCCC(=O)OCC(O)CNc1cccc(O)c1NCC(O)COC(=O)CCCCCCC/C=C\CCCCCCCC. The van der Waals surface area contributed by atoms with Gasteiger partial charge in [0.25, 0.3) is 0 Å². The monoisotopic (exact) mass is 801 g/mol. The van der Waals surface area contributed by atoms with Gasteiger partial charge in [0.1, 0.15) is 36.9 Å². The van der Waals surface area contributed by atoms with Crippen molar-refractivity contribution in [3.8, 4) is 5.75 Å². The molecule has 2 atom stereocenters. The summed E-state index contributed by atoms with van der Waals surface area (Å²) in [4.78, 5) is 24.4. The Kier molecular flexibility index (Phi) is 35.1. The molecule has 9 nitrogen and oxygen atoms in total. The normalized spacial score (nSPS) is 12.6. The molecule has 9 heteroatoms. The Labute approximate surface area is 347 Å². The van der Waals surface area contributed by atoms with Gasteiger partial charge in [-0.25, -0.2) is 0 Å². The van der Waals surface area contributed by atoms with E-state index < -0.39 is 12.2 Å². The molecule has 1 rings (SSSR count). The predicted molar refractivity (Wildman–Crippen MR) is 238 cm³/mol. The lowest BCUT2D eigenvalue weighted by atomic mass is 10.1. The second-order valence-corrected chi connectivity index (χ2v) is 15.8. The number of aliphatic hydroxyl groups is 2. The summed E-state index contributed by atoms with van der Waals surface area (Å²) in [6, 6.07) is 4.91. The van der Waals surface area contributed by atoms with Crippen molar-refractivity contribution in [2.75, 3.05) is 36.9 Å². The zero-order valence-corrected chi connectivity index (χ0v) is 36.3. The lowest BCUT2D eigenvalue weighted by Crippen LogP contribution is -2.28. The first kappa shape index (κ1) is 52.0. The van der Waals surface area contributed by atoms with Gasteiger partial charge >= 0.3 is 11.9 Å². The van der Waals surface area contributed by atoms with Crippen molar-refractivity contribution in [1.82, 2.24) is 0 Å². The van der Waals surface area contributed by atoms with Crippen molar-refractivity contribution in [2.45, 2.75) is 206 Å². The van der Waals surface area contributed by atoms with Crippen LogP contribution in [0, 0.1) is 0 Å². The van der Waals surface area contributed by atoms with E-state index in [1.807, 2.05) is 0 Å². The number of nitrogens with one attached hydrogen (secondary N) is 2. The summed E-state index contributed by atoms with van der Waals surface area (Å²) >= 11 is 0. The van der Waals surface area contributed by atoms with Crippen LogP contribution < -0.4 is 10.6 Å². The minimum atomic E-state index is -0.970. The average molecular weight is 801 g/mol. The minimum Gasteiger partial charge on any atom is -0.506 e. The molecule has 0 fully saturated rings. The molecule has 1 aromatic rings. The highest BCUT2D eigenvalue weighted by molar-refractivity contribution is 5.75. The van der Waals surface area contributed by atoms with Crippen molar-refractivity contribution in [3.63, 3.8) is 0 Å². The minimum absolute atomic E-state index is 0.0331. The van der Waals surface area contributed by atoms with E-state index in [-0.39, 0.29) is 44.0 Å². The molecular formula is C48H84N2O7. The van der Waals surface area contributed by atoms with E-state index in [4.69, 9.17) is 9.47 Å². The van der Waals surface area contributed by atoms with Crippen molar-refractivity contribution in [2.24, 2.45) is 0 Å². The maximum Gasteiger partial charge on any atom is 0.305 e. The number of aliphatic hydroxyl groups excluding tert-OH is 2. The number of unbranched alkanes of at least 4 members (excludes halogenated alkanes) is 22. The average Bonchev–Trinajstić information content (AvgIpc) is 3.20. The van der Waals surface area contributed by atoms with Gasteiger partial charge in [0.2, 0.25) is 0 Å². The van der Waals surface area contributed by atoms with Crippen LogP contribution in [0.3, 0.4) is 0 Å². The number of ether oxygens (including phenoxy) is 2. The highest BCUT2D eigenvalue weighted by Gasteiger charge is 2.14. The van der Waals surface area contributed by atoms with E-state index in [9.17, 15) is 24.9 Å². The van der Waals surface area contributed by atoms with Gasteiger partial charge in [-0.3, -0.25) is 9.59 Å². The van der Waals surface area contributed by atoms with E-state index in [2.05, 4.69) is 48.8 Å². The van der Waals surface area contributed by atoms with Gasteiger partial charge in [0.05, 0.1) is 5.69 Å². The number of allylic oxidation sites excluding steroid dienone is 4. The number of phenolic OH excluding ortho intramolecular Hbond substituents is 1. The highest BCUT2D eigenvalue weighted by Crippen LogP contribution is 2.31. The second-order valence-electron chi connectivity index (χ2n) is 15.8. The number of para-hydroxylation sites is 1. The van der Waals surface area contributed by atoms with Crippen LogP contribution >= 0.6 is 0 Å². The van der Waals surface area contributed by atoms with E-state index in [0.717, 1.165) is 64.2 Å². The molecule has 1 aromatic carbocycles. The number of hydrogen-bond acceptors (Lipinski definition) is 9. The molecule has 0 radical (unpaired) electrons. The second kappa shape index (κ2) is 38.5. The largest absolute Gasteiger partial charge is 0.506 e. The van der Waals surface area contributed by atoms with Gasteiger partial charge in [-0.15, -0.1) is 0 Å². The number of aromatic hydroxyl groups is 1. The van der Waals surface area contributed by atoms with Gasteiger partial charge in [-0.05, 0) is 76.3 Å². The molecule has 0 amide bonds. The summed E-state index contributed by atoms with van der Waals surface area (Å²) in [6.07, 6.45) is 39.2. The molecule has 0 heterocycles. The lowest BCUT2D eigenvalue weighted by Gasteiger charge is -2.19. The number of anilines is 2. The van der Waals surface area contributed by atoms with Crippen molar-refractivity contribution < 1.29 is 34.4 Å². The summed E-state index contributed by atoms with van der Waals surface area (Å²) in [7, 11) is 0. The number of esters is 2. The molecule has 328 valence electrons. The standard InChI is InChI=1S/C48H84N2O7/c1-3-5-7-9-11-13-15-17-19-21-23-25-27-29-31-36-46(54)56-40-42(51)38-49-44-34-33-35-45(53)48(44)50-39-43(52)41-57-47(55)37-32-30-28-26-24-22-20-18-16-14-12-10-8-6-4-2/h17-20,33-35,42-43,49-53H,3-16,21-32,36-41H2,1-2H3/b19-17?,20-18-. The third kappa shape index (κ3) is 32.6. The van der Waals surface area contributed by atoms with Gasteiger partial charge in [0.15, 0.2) is 0 Å². The molecule has 0 aliphatic carbocycles. The Morgan fingerprint density at radius 1 is 0.544 bits per heavy atom. The van der Waals surface area contributed by atoms with Gasteiger partial charge in [0, 0.05) is 25.9 Å². The first-order chi connectivity index (χ1) is 27.9. The number of phenols is 1. The first-order valence-corrected chi connectivity index (χ1v) is 23.1. The zero-order chi connectivity index (χ0) is 41.4. The molecule has 0 bridgehead atoms. The van der Waals surface area contributed by atoms with E-state index in [1.165, 1.54) is 109 Å². The predicted octanol–water partition coefficient (Wildman–Crippen LogP) is 12.1. The Hall–Kier alpha value is -3.04. The van der Waals surface area contributed by atoms with Crippen molar-refractivity contribution in [1.29, 1.82) is 0 Å². The third-order valence-corrected chi connectivity index (χ3v) is 10.2. The molecule has 5 N–H and O–H groups in total. The Morgan fingerprint density at radius 3 is 1.33 bits per heavy atom. The van der Waals surface area contributed by atoms with Gasteiger partial charge in [-0.2, -0.15) is 0 Å².